The van der Waals surface area contributed by atoms with Gasteiger partial charge in [-0.3, -0.25) is 4.79 Å². The fraction of sp³-hybridized carbons (Fsp3) is 0.240. The third-order valence-corrected chi connectivity index (χ3v) is 7.40. The Labute approximate surface area is 203 Å². The zero-order valence-corrected chi connectivity index (χ0v) is 20.1. The number of benzene rings is 2. The average Bonchev–Trinajstić information content (AvgIpc) is 3.25. The summed E-state index contributed by atoms with van der Waals surface area (Å²) in [5.41, 5.74) is 10.1. The third kappa shape index (κ3) is 4.57. The predicted molar refractivity (Wildman–Crippen MR) is 135 cm³/mol. The number of nitrogens with zero attached hydrogens (tertiary/aromatic N) is 4. The Morgan fingerprint density at radius 3 is 2.57 bits per heavy atom. The maximum Gasteiger partial charge on any atom is 0.251 e. The van der Waals surface area contributed by atoms with Gasteiger partial charge in [-0.05, 0) is 43.2 Å². The van der Waals surface area contributed by atoms with E-state index in [1.165, 1.54) is 12.6 Å². The molecule has 3 heterocycles. The Balaban J connectivity index is 1.47. The van der Waals surface area contributed by atoms with Crippen molar-refractivity contribution in [1.82, 2.24) is 19.9 Å². The van der Waals surface area contributed by atoms with E-state index in [9.17, 15) is 13.2 Å². The monoisotopic (exact) mass is 490 g/mol. The molecule has 35 heavy (non-hydrogen) atoms. The van der Waals surface area contributed by atoms with Crippen LogP contribution >= 0.6 is 0 Å². The van der Waals surface area contributed by atoms with E-state index >= 15 is 0 Å². The van der Waals surface area contributed by atoms with Crippen LogP contribution in [0.1, 0.15) is 23.2 Å². The van der Waals surface area contributed by atoms with Gasteiger partial charge in [0.25, 0.3) is 5.91 Å². The van der Waals surface area contributed by atoms with Gasteiger partial charge in [0, 0.05) is 36.5 Å². The first-order valence-electron chi connectivity index (χ1n) is 11.3. The summed E-state index contributed by atoms with van der Waals surface area (Å²) < 4.78 is 25.5. The maximum absolute atomic E-state index is 12.7. The summed E-state index contributed by atoms with van der Waals surface area (Å²) in [6.07, 6.45) is 4.37. The van der Waals surface area contributed by atoms with Gasteiger partial charge >= 0.3 is 0 Å². The first kappa shape index (κ1) is 22.9. The molecule has 4 aromatic rings. The number of sulfone groups is 1. The van der Waals surface area contributed by atoms with Gasteiger partial charge in [0.15, 0.2) is 15.7 Å². The number of fused-ring (bicyclic) bond motifs is 1. The minimum atomic E-state index is -3.29. The summed E-state index contributed by atoms with van der Waals surface area (Å²) >= 11 is 0. The molecule has 0 spiro atoms. The number of hydrogen-bond donors (Lipinski definition) is 2. The van der Waals surface area contributed by atoms with Crippen molar-refractivity contribution in [2.45, 2.75) is 23.8 Å². The first-order valence-corrected chi connectivity index (χ1v) is 13.2. The Morgan fingerprint density at radius 1 is 1.11 bits per heavy atom. The number of nitrogen functional groups attached to an aromatic ring is 1. The molecule has 1 atom stereocenters. The summed E-state index contributed by atoms with van der Waals surface area (Å²) in [4.78, 5) is 19.3. The summed E-state index contributed by atoms with van der Waals surface area (Å²) in [5, 5.41) is 7.57. The highest BCUT2D eigenvalue weighted by Crippen LogP contribution is 2.35. The topological polar surface area (TPSA) is 123 Å². The van der Waals surface area contributed by atoms with E-state index in [1.54, 1.807) is 40.9 Å². The summed E-state index contributed by atoms with van der Waals surface area (Å²) in [6.45, 7) is 1.43. The standard InChI is InChI=1S/C25H26N6O3S/c1-35(33,34)20-11-9-17(10-12-20)21-14-22(23-24(26)27-16-28-31(21)23)30-13-5-8-19(15-30)29-25(32)18-6-3-2-4-7-18/h2-4,6-7,9-12,14,16,19H,5,8,13,15H2,1H3,(H,29,32)(H2,26,27,28)/t19-/m0/s1. The highest BCUT2D eigenvalue weighted by molar-refractivity contribution is 7.90. The second-order valence-electron chi connectivity index (χ2n) is 8.74. The van der Waals surface area contributed by atoms with Crippen LogP contribution in [-0.4, -0.2) is 54.3 Å². The molecule has 0 radical (unpaired) electrons. The van der Waals surface area contributed by atoms with E-state index < -0.39 is 9.84 Å². The van der Waals surface area contributed by atoms with E-state index in [2.05, 4.69) is 20.3 Å². The zero-order chi connectivity index (χ0) is 24.6. The van der Waals surface area contributed by atoms with Gasteiger partial charge in [-0.1, -0.05) is 30.3 Å². The van der Waals surface area contributed by atoms with Gasteiger partial charge in [0.2, 0.25) is 0 Å². The second kappa shape index (κ2) is 9.03. The lowest BCUT2D eigenvalue weighted by Crippen LogP contribution is -2.47. The Bertz CT molecular complexity index is 1480. The van der Waals surface area contributed by atoms with Crippen LogP contribution in [0.4, 0.5) is 11.5 Å². The number of nitrogens with two attached hydrogens (primary N) is 1. The number of nitrogens with one attached hydrogen (secondary N) is 1. The van der Waals surface area contributed by atoms with Crippen molar-refractivity contribution in [1.29, 1.82) is 0 Å². The van der Waals surface area contributed by atoms with E-state index in [0.29, 0.717) is 23.4 Å². The highest BCUT2D eigenvalue weighted by Gasteiger charge is 2.26. The first-order chi connectivity index (χ1) is 16.8. The minimum absolute atomic E-state index is 0.0187. The molecule has 1 saturated heterocycles. The fourth-order valence-corrected chi connectivity index (χ4v) is 5.17. The largest absolute Gasteiger partial charge is 0.382 e. The summed E-state index contributed by atoms with van der Waals surface area (Å²) in [6, 6.07) is 17.9. The highest BCUT2D eigenvalue weighted by atomic mass is 32.2. The molecule has 9 nitrogen and oxygen atoms in total. The van der Waals surface area contributed by atoms with Crippen LogP contribution in [0, 0.1) is 0 Å². The quantitative estimate of drug-likeness (QED) is 0.441. The lowest BCUT2D eigenvalue weighted by molar-refractivity contribution is 0.0933. The van der Waals surface area contributed by atoms with E-state index in [-0.39, 0.29) is 16.8 Å². The number of rotatable bonds is 5. The van der Waals surface area contributed by atoms with Crippen LogP contribution in [0.3, 0.4) is 0 Å². The van der Waals surface area contributed by atoms with Crippen molar-refractivity contribution in [2.75, 3.05) is 30.0 Å². The SMILES string of the molecule is CS(=O)(=O)c1ccc(-c2cc(N3CCC[C@H](NC(=O)c4ccccc4)C3)c3c(N)ncnn23)cc1. The molecule has 10 heteroatoms. The third-order valence-electron chi connectivity index (χ3n) is 6.27. The molecule has 1 aliphatic rings. The molecule has 0 unspecified atom stereocenters. The van der Waals surface area contributed by atoms with Crippen molar-refractivity contribution in [3.8, 4) is 11.3 Å². The van der Waals surface area contributed by atoms with Crippen molar-refractivity contribution in [2.24, 2.45) is 0 Å². The Morgan fingerprint density at radius 2 is 1.86 bits per heavy atom. The maximum atomic E-state index is 12.7. The number of piperidine rings is 1. The Hall–Kier alpha value is -3.92. The van der Waals surface area contributed by atoms with Crippen LogP contribution in [0.2, 0.25) is 0 Å². The Kier molecular flexibility index (Phi) is 5.89. The van der Waals surface area contributed by atoms with Crippen LogP contribution in [-0.2, 0) is 9.84 Å². The van der Waals surface area contributed by atoms with Crippen molar-refractivity contribution in [3.63, 3.8) is 0 Å². The molecular formula is C25H26N6O3S. The molecule has 5 rings (SSSR count). The molecule has 1 amide bonds. The number of aromatic nitrogens is 3. The van der Waals surface area contributed by atoms with Gasteiger partial charge in [-0.25, -0.2) is 17.9 Å². The second-order valence-corrected chi connectivity index (χ2v) is 10.8. The number of carbonyl (C=O) groups is 1. The van der Waals surface area contributed by atoms with Crippen LogP contribution < -0.4 is 16.0 Å². The van der Waals surface area contributed by atoms with Crippen molar-refractivity contribution in [3.05, 3.63) is 72.6 Å². The molecule has 2 aromatic carbocycles. The zero-order valence-electron chi connectivity index (χ0n) is 19.3. The number of carbonyl (C=O) groups excluding carboxylic acids is 1. The van der Waals surface area contributed by atoms with Gasteiger partial charge < -0.3 is 16.0 Å². The minimum Gasteiger partial charge on any atom is -0.382 e. The number of anilines is 2. The molecule has 1 fully saturated rings. The van der Waals surface area contributed by atoms with Gasteiger partial charge in [-0.2, -0.15) is 5.10 Å². The fourth-order valence-electron chi connectivity index (χ4n) is 4.54. The lowest BCUT2D eigenvalue weighted by atomic mass is 10.0. The van der Waals surface area contributed by atoms with Crippen molar-refractivity contribution < 1.29 is 13.2 Å². The van der Waals surface area contributed by atoms with Gasteiger partial charge in [0.1, 0.15) is 11.8 Å². The van der Waals surface area contributed by atoms with Crippen LogP contribution in [0.25, 0.3) is 16.8 Å². The number of amides is 1. The molecule has 0 bridgehead atoms. The van der Waals surface area contributed by atoms with Crippen molar-refractivity contribution >= 4 is 32.8 Å². The average molecular weight is 491 g/mol. The molecular weight excluding hydrogens is 464 g/mol. The van der Waals surface area contributed by atoms with Gasteiger partial charge in [0.05, 0.1) is 16.3 Å². The molecule has 180 valence electrons. The van der Waals surface area contributed by atoms with E-state index in [1.807, 2.05) is 24.3 Å². The lowest BCUT2D eigenvalue weighted by Gasteiger charge is -2.34. The van der Waals surface area contributed by atoms with Crippen LogP contribution in [0.5, 0.6) is 0 Å². The molecule has 2 aromatic heterocycles. The summed E-state index contributed by atoms with van der Waals surface area (Å²) in [5.74, 6) is 0.262. The molecule has 0 saturated carbocycles. The smallest absolute Gasteiger partial charge is 0.251 e. The summed E-state index contributed by atoms with van der Waals surface area (Å²) in [7, 11) is -3.29. The van der Waals surface area contributed by atoms with E-state index in [4.69, 9.17) is 5.73 Å². The van der Waals surface area contributed by atoms with Crippen LogP contribution in [0.15, 0.2) is 71.9 Å². The predicted octanol–water partition coefficient (Wildman–Crippen LogP) is 2.78. The van der Waals surface area contributed by atoms with Gasteiger partial charge in [-0.15, -0.1) is 0 Å². The van der Waals surface area contributed by atoms with E-state index in [0.717, 1.165) is 36.3 Å². The number of hydrogen-bond acceptors (Lipinski definition) is 7. The molecule has 1 aliphatic heterocycles. The normalized spacial score (nSPS) is 16.4. The molecule has 3 N–H and O–H groups in total. The molecule has 0 aliphatic carbocycles.